The van der Waals surface area contributed by atoms with E-state index in [9.17, 15) is 14.7 Å². The van der Waals surface area contributed by atoms with Crippen LogP contribution in [0.4, 0.5) is 5.69 Å². The number of anilines is 1. The van der Waals surface area contributed by atoms with Gasteiger partial charge in [-0.3, -0.25) is 4.79 Å². The lowest BCUT2D eigenvalue weighted by atomic mass is 10.0. The predicted octanol–water partition coefficient (Wildman–Crippen LogP) is 9.71. The van der Waals surface area contributed by atoms with Crippen molar-refractivity contribution in [3.05, 3.63) is 142 Å². The highest BCUT2D eigenvalue weighted by Crippen LogP contribution is 2.36. The van der Waals surface area contributed by atoms with Gasteiger partial charge in [0.1, 0.15) is 0 Å². The molecule has 0 unspecified atom stereocenters. The smallest absolute Gasteiger partial charge is 0.354 e. The van der Waals surface area contributed by atoms with Crippen molar-refractivity contribution in [1.82, 2.24) is 9.13 Å². The number of carboxylic acid groups (broad SMARTS) is 1. The number of carbonyl (C=O) groups excluding carboxylic acids is 1. The summed E-state index contributed by atoms with van der Waals surface area (Å²) in [6.45, 7) is 6.48. The summed E-state index contributed by atoms with van der Waals surface area (Å²) in [5.41, 5.74) is 8.49. The molecule has 0 aliphatic carbocycles. The molecule has 0 saturated carbocycles. The first kappa shape index (κ1) is 30.9. The maximum absolute atomic E-state index is 13.8. The van der Waals surface area contributed by atoms with Crippen LogP contribution in [-0.4, -0.2) is 26.1 Å². The van der Waals surface area contributed by atoms with Crippen LogP contribution in [0.3, 0.4) is 0 Å². The Hall–Kier alpha value is -5.07. The summed E-state index contributed by atoms with van der Waals surface area (Å²) in [6, 6.07) is 33.2. The topological polar surface area (TPSA) is 76.3 Å². The summed E-state index contributed by atoms with van der Waals surface area (Å²) < 4.78 is 3.83. The van der Waals surface area contributed by atoms with Crippen molar-refractivity contribution in [2.75, 3.05) is 5.32 Å². The van der Waals surface area contributed by atoms with Crippen LogP contribution in [0.2, 0.25) is 5.02 Å². The Kier molecular flexibility index (Phi) is 8.82. The van der Waals surface area contributed by atoms with Crippen molar-refractivity contribution < 1.29 is 14.7 Å². The van der Waals surface area contributed by atoms with Gasteiger partial charge in [-0.2, -0.15) is 0 Å². The van der Waals surface area contributed by atoms with E-state index in [1.165, 1.54) is 5.56 Å². The number of fused-ring (bicyclic) bond motifs is 1. The van der Waals surface area contributed by atoms with Crippen LogP contribution in [0, 0.1) is 13.8 Å². The lowest BCUT2D eigenvalue weighted by Crippen LogP contribution is -2.17. The van der Waals surface area contributed by atoms with Crippen LogP contribution in [-0.2, 0) is 13.0 Å². The van der Waals surface area contributed by atoms with Crippen LogP contribution >= 0.6 is 11.6 Å². The lowest BCUT2D eigenvalue weighted by Gasteiger charge is -2.12. The molecule has 4 aromatic carbocycles. The van der Waals surface area contributed by atoms with Gasteiger partial charge in [0.2, 0.25) is 0 Å². The zero-order valence-corrected chi connectivity index (χ0v) is 26.9. The van der Waals surface area contributed by atoms with Gasteiger partial charge >= 0.3 is 5.97 Å². The number of unbranched alkanes of at least 4 members (excludes halogenated alkanes) is 1. The molecule has 0 aliphatic rings. The molecule has 1 amide bonds. The second-order valence-electron chi connectivity index (χ2n) is 11.7. The molecule has 7 heteroatoms. The number of halogens is 1. The van der Waals surface area contributed by atoms with E-state index in [1.807, 2.05) is 80.6 Å². The third kappa shape index (κ3) is 6.22. The van der Waals surface area contributed by atoms with Crippen molar-refractivity contribution in [3.63, 3.8) is 0 Å². The molecule has 2 aromatic heterocycles. The zero-order valence-electron chi connectivity index (χ0n) is 26.2. The molecule has 232 valence electrons. The van der Waals surface area contributed by atoms with Gasteiger partial charge in [0.05, 0.1) is 11.2 Å². The number of carboxylic acids is 1. The van der Waals surface area contributed by atoms with E-state index in [-0.39, 0.29) is 23.8 Å². The highest BCUT2D eigenvalue weighted by molar-refractivity contribution is 6.30. The normalized spacial score (nSPS) is 11.2. The first-order chi connectivity index (χ1) is 22.2. The third-order valence-corrected chi connectivity index (χ3v) is 8.71. The molecule has 0 atom stereocenters. The molecule has 0 bridgehead atoms. The molecular formula is C39H36ClN3O3. The number of hydrogen-bond acceptors (Lipinski definition) is 2. The Balaban J connectivity index is 1.45. The number of amides is 1. The molecule has 46 heavy (non-hydrogen) atoms. The Bertz CT molecular complexity index is 2050. The zero-order chi connectivity index (χ0) is 32.4. The molecule has 6 rings (SSSR count). The molecule has 0 spiro atoms. The molecule has 6 aromatic rings. The van der Waals surface area contributed by atoms with Gasteiger partial charge < -0.3 is 19.6 Å². The SMILES string of the molecule is CCCCc1ccc(-c2ccc3c(NC(=O)c4cccc(-n5c(C)ccc5C)c4)c(C(=O)O)n(Cc4cccc(Cl)c4)c3c2)cc1. The maximum Gasteiger partial charge on any atom is 0.354 e. The molecule has 0 aliphatic heterocycles. The number of benzene rings is 4. The molecule has 2 N–H and O–H groups in total. The molecule has 0 radical (unpaired) electrons. The van der Waals surface area contributed by atoms with E-state index in [4.69, 9.17) is 11.6 Å². The van der Waals surface area contributed by atoms with Gasteiger partial charge in [0, 0.05) is 39.6 Å². The van der Waals surface area contributed by atoms with E-state index >= 15 is 0 Å². The fourth-order valence-electron chi connectivity index (χ4n) is 6.15. The maximum atomic E-state index is 13.8. The van der Waals surface area contributed by atoms with Gasteiger partial charge in [-0.1, -0.05) is 79.5 Å². The van der Waals surface area contributed by atoms with Gasteiger partial charge in [0.15, 0.2) is 5.69 Å². The van der Waals surface area contributed by atoms with Gasteiger partial charge in [-0.15, -0.1) is 0 Å². The van der Waals surface area contributed by atoms with Crippen LogP contribution in [0.1, 0.15) is 63.1 Å². The summed E-state index contributed by atoms with van der Waals surface area (Å²) in [7, 11) is 0. The second kappa shape index (κ2) is 13.1. The Morgan fingerprint density at radius 2 is 1.52 bits per heavy atom. The average molecular weight is 630 g/mol. The van der Waals surface area contributed by atoms with Crippen molar-refractivity contribution in [2.45, 2.75) is 46.6 Å². The van der Waals surface area contributed by atoms with E-state index in [1.54, 1.807) is 16.7 Å². The quantitative estimate of drug-likeness (QED) is 0.158. The first-order valence-electron chi connectivity index (χ1n) is 15.5. The van der Waals surface area contributed by atoms with Gasteiger partial charge in [0.25, 0.3) is 5.91 Å². The van der Waals surface area contributed by atoms with Crippen molar-refractivity contribution in [3.8, 4) is 16.8 Å². The van der Waals surface area contributed by atoms with Gasteiger partial charge in [-0.05, 0) is 97.5 Å². The average Bonchev–Trinajstić information content (AvgIpc) is 3.55. The van der Waals surface area contributed by atoms with E-state index in [0.29, 0.717) is 21.5 Å². The van der Waals surface area contributed by atoms with Crippen LogP contribution in [0.25, 0.3) is 27.7 Å². The van der Waals surface area contributed by atoms with Crippen LogP contribution in [0.15, 0.2) is 103 Å². The molecule has 2 heterocycles. The summed E-state index contributed by atoms with van der Waals surface area (Å²) in [4.78, 5) is 26.7. The highest BCUT2D eigenvalue weighted by atomic mass is 35.5. The fraction of sp³-hybridized carbons (Fsp3) is 0.179. The lowest BCUT2D eigenvalue weighted by molar-refractivity contribution is 0.0687. The number of rotatable bonds is 10. The summed E-state index contributed by atoms with van der Waals surface area (Å²) >= 11 is 6.31. The predicted molar refractivity (Wildman–Crippen MR) is 187 cm³/mol. The number of carbonyl (C=O) groups is 2. The summed E-state index contributed by atoms with van der Waals surface area (Å²) in [5.74, 6) is -1.52. The standard InChI is InChI=1S/C39H36ClN3O3/c1-4-5-8-27-15-17-29(18-16-27)30-19-20-34-35(23-30)42(24-28-9-6-11-32(40)21-28)37(39(45)46)36(34)41-38(44)31-10-7-12-33(22-31)43-25(2)13-14-26(43)3/h6-7,9-23H,4-5,8,24H2,1-3H3,(H,41,44)(H,45,46). The van der Waals surface area contributed by atoms with E-state index < -0.39 is 5.97 Å². The van der Waals surface area contributed by atoms with Crippen molar-refractivity contribution in [1.29, 1.82) is 0 Å². The minimum atomic E-state index is -1.14. The Labute approximate surface area is 273 Å². The number of aromatic nitrogens is 2. The number of aromatic carboxylic acids is 1. The van der Waals surface area contributed by atoms with E-state index in [0.717, 1.165) is 53.0 Å². The summed E-state index contributed by atoms with van der Waals surface area (Å²) in [5, 5.41) is 14.8. The second-order valence-corrected chi connectivity index (χ2v) is 12.2. The highest BCUT2D eigenvalue weighted by Gasteiger charge is 2.25. The monoisotopic (exact) mass is 629 g/mol. The first-order valence-corrected chi connectivity index (χ1v) is 15.9. The van der Waals surface area contributed by atoms with Crippen LogP contribution < -0.4 is 5.32 Å². The molecule has 0 fully saturated rings. The number of hydrogen-bond donors (Lipinski definition) is 2. The fourth-order valence-corrected chi connectivity index (χ4v) is 6.37. The third-order valence-electron chi connectivity index (χ3n) is 8.48. The van der Waals surface area contributed by atoms with Crippen molar-refractivity contribution in [2.24, 2.45) is 0 Å². The minimum Gasteiger partial charge on any atom is -0.477 e. The molecular weight excluding hydrogens is 594 g/mol. The summed E-state index contributed by atoms with van der Waals surface area (Å²) in [6.07, 6.45) is 3.33. The number of aryl methyl sites for hydroxylation is 3. The van der Waals surface area contributed by atoms with Gasteiger partial charge in [-0.25, -0.2) is 4.79 Å². The largest absolute Gasteiger partial charge is 0.477 e. The molecule has 6 nitrogen and oxygen atoms in total. The minimum absolute atomic E-state index is 0.00337. The number of nitrogens with one attached hydrogen (secondary N) is 1. The Morgan fingerprint density at radius 1 is 0.804 bits per heavy atom. The molecule has 0 saturated heterocycles. The van der Waals surface area contributed by atoms with E-state index in [2.05, 4.69) is 41.1 Å². The van der Waals surface area contributed by atoms with Crippen molar-refractivity contribution >= 4 is 40.1 Å². The Morgan fingerprint density at radius 3 is 2.22 bits per heavy atom. The number of nitrogens with zero attached hydrogens (tertiary/aromatic N) is 2. The van der Waals surface area contributed by atoms with Crippen LogP contribution in [0.5, 0.6) is 0 Å².